The van der Waals surface area contributed by atoms with E-state index in [0.29, 0.717) is 28.3 Å². The fraction of sp³-hybridized carbons (Fsp3) is 0.167. The molecule has 1 aliphatic rings. The van der Waals surface area contributed by atoms with E-state index in [-0.39, 0.29) is 6.03 Å². The molecule has 0 bridgehead atoms. The molecule has 5 nitrogen and oxygen atoms in total. The van der Waals surface area contributed by atoms with Gasteiger partial charge in [0.05, 0.1) is 20.4 Å². The van der Waals surface area contributed by atoms with Crippen LogP contribution < -0.4 is 5.32 Å². The van der Waals surface area contributed by atoms with E-state index in [1.807, 2.05) is 23.7 Å². The highest BCUT2D eigenvalue weighted by Crippen LogP contribution is 2.34. The summed E-state index contributed by atoms with van der Waals surface area (Å²) in [4.78, 5) is 23.4. The van der Waals surface area contributed by atoms with Crippen molar-refractivity contribution in [1.29, 1.82) is 0 Å². The van der Waals surface area contributed by atoms with E-state index in [2.05, 4.69) is 15.3 Å². The van der Waals surface area contributed by atoms with Crippen LogP contribution in [0.5, 0.6) is 0 Å². The molecule has 136 valence electrons. The van der Waals surface area contributed by atoms with Crippen LogP contribution in [0, 0.1) is 0 Å². The van der Waals surface area contributed by atoms with E-state index >= 15 is 0 Å². The van der Waals surface area contributed by atoms with Gasteiger partial charge in [-0.15, -0.1) is 11.3 Å². The fourth-order valence-corrected chi connectivity index (χ4v) is 5.59. The molecule has 0 spiro atoms. The standard InChI is InChI=1S/C18H12Cl2N4OS2/c19-10-5-9-3-4-24(7-11(9)12(20)6-10)18(25)23-17-22-13-1-2-14-15(16(13)27-17)21-8-26-14/h1-2,5-6,8H,3-4,7H2,(H,22,23,25). The molecule has 1 aliphatic heterocycles. The number of hydrogen-bond donors (Lipinski definition) is 1. The Morgan fingerprint density at radius 3 is 3.04 bits per heavy atom. The highest BCUT2D eigenvalue weighted by Gasteiger charge is 2.24. The molecule has 27 heavy (non-hydrogen) atoms. The number of amides is 2. The lowest BCUT2D eigenvalue weighted by atomic mass is 10.00. The van der Waals surface area contributed by atoms with Crippen LogP contribution in [0.3, 0.4) is 0 Å². The molecule has 3 heterocycles. The summed E-state index contributed by atoms with van der Waals surface area (Å²) >= 11 is 15.4. The average Bonchev–Trinajstić information content (AvgIpc) is 3.26. The number of nitrogens with zero attached hydrogens (tertiary/aromatic N) is 3. The van der Waals surface area contributed by atoms with Crippen molar-refractivity contribution in [3.05, 3.63) is 50.9 Å². The van der Waals surface area contributed by atoms with Gasteiger partial charge in [-0.3, -0.25) is 5.32 Å². The number of nitrogens with one attached hydrogen (secondary N) is 1. The largest absolute Gasteiger partial charge is 0.323 e. The summed E-state index contributed by atoms with van der Waals surface area (Å²) < 4.78 is 2.11. The lowest BCUT2D eigenvalue weighted by Gasteiger charge is -2.29. The van der Waals surface area contributed by atoms with Crippen molar-refractivity contribution < 1.29 is 4.79 Å². The first-order valence-corrected chi connectivity index (χ1v) is 10.7. The maximum atomic E-state index is 12.7. The predicted octanol–water partition coefficient (Wildman–Crippen LogP) is 5.80. The molecule has 0 saturated heterocycles. The first-order valence-electron chi connectivity index (χ1n) is 8.24. The molecule has 4 aromatic rings. The highest BCUT2D eigenvalue weighted by molar-refractivity contribution is 7.24. The van der Waals surface area contributed by atoms with Crippen molar-refractivity contribution >= 4 is 77.5 Å². The van der Waals surface area contributed by atoms with Crippen LogP contribution in [0.15, 0.2) is 29.8 Å². The van der Waals surface area contributed by atoms with Crippen molar-refractivity contribution in [1.82, 2.24) is 14.9 Å². The first-order chi connectivity index (χ1) is 13.1. The molecule has 0 atom stereocenters. The number of anilines is 1. The Bertz CT molecular complexity index is 1200. The molecule has 2 aromatic heterocycles. The smallest absolute Gasteiger partial charge is 0.320 e. The van der Waals surface area contributed by atoms with Gasteiger partial charge in [0.25, 0.3) is 0 Å². The van der Waals surface area contributed by atoms with E-state index in [1.165, 1.54) is 11.3 Å². The Morgan fingerprint density at radius 2 is 2.15 bits per heavy atom. The van der Waals surface area contributed by atoms with Crippen LogP contribution in [0.25, 0.3) is 20.4 Å². The molecule has 5 rings (SSSR count). The topological polar surface area (TPSA) is 58.1 Å². The van der Waals surface area contributed by atoms with Crippen LogP contribution in [0.1, 0.15) is 11.1 Å². The van der Waals surface area contributed by atoms with Gasteiger partial charge in [0.1, 0.15) is 5.52 Å². The van der Waals surface area contributed by atoms with E-state index in [9.17, 15) is 4.79 Å². The molecule has 9 heteroatoms. The van der Waals surface area contributed by atoms with Crippen LogP contribution in [0.2, 0.25) is 10.0 Å². The average molecular weight is 435 g/mol. The number of benzene rings is 2. The Balaban J connectivity index is 1.40. The molecular weight excluding hydrogens is 423 g/mol. The minimum Gasteiger partial charge on any atom is -0.320 e. The van der Waals surface area contributed by atoms with E-state index < -0.39 is 0 Å². The normalized spacial score (nSPS) is 13.9. The maximum Gasteiger partial charge on any atom is 0.323 e. The van der Waals surface area contributed by atoms with E-state index in [1.54, 1.807) is 22.3 Å². The molecule has 2 aromatic carbocycles. The van der Waals surface area contributed by atoms with Crippen LogP contribution >= 0.6 is 45.9 Å². The number of halogens is 2. The summed E-state index contributed by atoms with van der Waals surface area (Å²) in [6.07, 6.45) is 0.725. The molecule has 0 fully saturated rings. The van der Waals surface area contributed by atoms with Crippen molar-refractivity contribution in [2.45, 2.75) is 13.0 Å². The van der Waals surface area contributed by atoms with Crippen molar-refractivity contribution in [3.8, 4) is 0 Å². The zero-order valence-corrected chi connectivity index (χ0v) is 17.0. The summed E-state index contributed by atoms with van der Waals surface area (Å²) in [6.45, 7) is 1.06. The van der Waals surface area contributed by atoms with Gasteiger partial charge in [0, 0.05) is 23.1 Å². The Labute approximate surface area is 172 Å². The number of fused-ring (bicyclic) bond motifs is 4. The SMILES string of the molecule is O=C(Nc1nc2ccc3scnc3c2s1)N1CCc2cc(Cl)cc(Cl)c2C1. The number of rotatable bonds is 1. The first kappa shape index (κ1) is 17.2. The molecule has 0 saturated carbocycles. The van der Waals surface area contributed by atoms with Crippen LogP contribution in [0.4, 0.5) is 9.93 Å². The van der Waals surface area contributed by atoms with Gasteiger partial charge in [-0.25, -0.2) is 14.8 Å². The summed E-state index contributed by atoms with van der Waals surface area (Å²) in [5.74, 6) is 0. The lowest BCUT2D eigenvalue weighted by molar-refractivity contribution is 0.206. The number of carbonyl (C=O) groups excluding carboxylic acids is 1. The molecule has 0 aliphatic carbocycles. The maximum absolute atomic E-state index is 12.7. The molecule has 1 N–H and O–H groups in total. The van der Waals surface area contributed by atoms with Gasteiger partial charge < -0.3 is 4.90 Å². The number of hydrogen-bond acceptors (Lipinski definition) is 5. The lowest BCUT2D eigenvalue weighted by Crippen LogP contribution is -2.39. The van der Waals surface area contributed by atoms with Crippen molar-refractivity contribution in [2.24, 2.45) is 0 Å². The third-order valence-corrected chi connectivity index (χ3v) is 6.95. The third kappa shape index (κ3) is 3.04. The van der Waals surface area contributed by atoms with Gasteiger partial charge in [-0.05, 0) is 41.8 Å². The van der Waals surface area contributed by atoms with Crippen molar-refractivity contribution in [2.75, 3.05) is 11.9 Å². The minimum atomic E-state index is -0.180. The Morgan fingerprint density at radius 1 is 1.26 bits per heavy atom. The quantitative estimate of drug-likeness (QED) is 0.411. The second-order valence-electron chi connectivity index (χ2n) is 6.26. The summed E-state index contributed by atoms with van der Waals surface area (Å²) in [7, 11) is 0. The van der Waals surface area contributed by atoms with Gasteiger partial charge in [0.15, 0.2) is 5.13 Å². The number of aromatic nitrogens is 2. The van der Waals surface area contributed by atoms with E-state index in [4.69, 9.17) is 23.2 Å². The molecular formula is C18H12Cl2N4OS2. The highest BCUT2D eigenvalue weighted by atomic mass is 35.5. The van der Waals surface area contributed by atoms with Crippen molar-refractivity contribution in [3.63, 3.8) is 0 Å². The number of thiazole rings is 2. The molecule has 2 amide bonds. The van der Waals surface area contributed by atoms with Gasteiger partial charge >= 0.3 is 6.03 Å². The zero-order chi connectivity index (χ0) is 18.5. The minimum absolute atomic E-state index is 0.180. The number of urea groups is 1. The monoisotopic (exact) mass is 434 g/mol. The van der Waals surface area contributed by atoms with Gasteiger partial charge in [0.2, 0.25) is 0 Å². The number of carbonyl (C=O) groups is 1. The molecule has 0 radical (unpaired) electrons. The summed E-state index contributed by atoms with van der Waals surface area (Å²) in [5, 5.41) is 4.72. The van der Waals surface area contributed by atoms with Gasteiger partial charge in [-0.1, -0.05) is 34.5 Å². The predicted molar refractivity (Wildman–Crippen MR) is 112 cm³/mol. The second-order valence-corrected chi connectivity index (χ2v) is 8.99. The summed E-state index contributed by atoms with van der Waals surface area (Å²) in [5.41, 5.74) is 5.66. The second kappa shape index (κ2) is 6.60. The fourth-order valence-electron chi connectivity index (χ4n) is 3.29. The van der Waals surface area contributed by atoms with Gasteiger partial charge in [-0.2, -0.15) is 0 Å². The summed E-state index contributed by atoms with van der Waals surface area (Å²) in [6, 6.07) is 7.43. The molecule has 0 unspecified atom stereocenters. The van der Waals surface area contributed by atoms with E-state index in [0.717, 1.165) is 38.0 Å². The van der Waals surface area contributed by atoms with Crippen LogP contribution in [-0.2, 0) is 13.0 Å². The third-order valence-electron chi connectivity index (χ3n) is 4.61. The van der Waals surface area contributed by atoms with Crippen LogP contribution in [-0.4, -0.2) is 27.4 Å². The Kier molecular flexibility index (Phi) is 4.20. The zero-order valence-electron chi connectivity index (χ0n) is 13.8. The Hall–Kier alpha value is -1.93.